The van der Waals surface area contributed by atoms with Gasteiger partial charge in [-0.1, -0.05) is 30.3 Å². The summed E-state index contributed by atoms with van der Waals surface area (Å²) in [5.74, 6) is 0. The van der Waals surface area contributed by atoms with Crippen molar-refractivity contribution in [3.63, 3.8) is 0 Å². The van der Waals surface area contributed by atoms with Crippen LogP contribution >= 0.6 is 0 Å². The van der Waals surface area contributed by atoms with Crippen molar-refractivity contribution in [2.24, 2.45) is 0 Å². The number of hydrogen-bond donors (Lipinski definition) is 1. The van der Waals surface area contributed by atoms with Crippen molar-refractivity contribution >= 4 is 0 Å². The van der Waals surface area contributed by atoms with Gasteiger partial charge in [0.1, 0.15) is 0 Å². The summed E-state index contributed by atoms with van der Waals surface area (Å²) in [6.45, 7) is 9.26. The maximum absolute atomic E-state index is 3.31. The van der Waals surface area contributed by atoms with Crippen LogP contribution in [0.4, 0.5) is 0 Å². The van der Waals surface area contributed by atoms with Crippen LogP contribution in [-0.4, -0.2) is 55.6 Å². The summed E-state index contributed by atoms with van der Waals surface area (Å²) in [5.41, 5.74) is 1.43. The van der Waals surface area contributed by atoms with Crippen LogP contribution in [0.15, 0.2) is 30.3 Å². The minimum absolute atomic E-state index is 0.589. The molecule has 1 atom stereocenters. The molecule has 1 saturated heterocycles. The molecule has 1 aliphatic heterocycles. The van der Waals surface area contributed by atoms with Gasteiger partial charge in [0.2, 0.25) is 0 Å². The standard InChI is InChI=1S/C15H25N3/c1-14(16-2)12-17-8-10-18(11-9-17)13-15-6-4-3-5-7-15/h3-7,14,16H,8-13H2,1-2H3. The number of rotatable bonds is 5. The summed E-state index contributed by atoms with van der Waals surface area (Å²) in [6.07, 6.45) is 0. The average Bonchev–Trinajstić information content (AvgIpc) is 2.42. The molecule has 3 nitrogen and oxygen atoms in total. The van der Waals surface area contributed by atoms with E-state index >= 15 is 0 Å². The highest BCUT2D eigenvalue weighted by atomic mass is 15.3. The van der Waals surface area contributed by atoms with Crippen LogP contribution in [0, 0.1) is 0 Å². The van der Waals surface area contributed by atoms with E-state index in [0.717, 1.165) is 13.1 Å². The Morgan fingerprint density at radius 1 is 1.06 bits per heavy atom. The van der Waals surface area contributed by atoms with Crippen molar-refractivity contribution in [2.45, 2.75) is 19.5 Å². The first kappa shape index (κ1) is 13.5. The van der Waals surface area contributed by atoms with Gasteiger partial charge < -0.3 is 5.32 Å². The Hall–Kier alpha value is -0.900. The van der Waals surface area contributed by atoms with Crippen molar-refractivity contribution < 1.29 is 0 Å². The van der Waals surface area contributed by atoms with Gasteiger partial charge in [-0.3, -0.25) is 9.80 Å². The van der Waals surface area contributed by atoms with Crippen molar-refractivity contribution in [2.75, 3.05) is 39.8 Å². The highest BCUT2D eigenvalue weighted by Crippen LogP contribution is 2.08. The number of nitrogens with one attached hydrogen (secondary N) is 1. The van der Waals surface area contributed by atoms with Gasteiger partial charge in [0.25, 0.3) is 0 Å². The molecule has 0 amide bonds. The third kappa shape index (κ3) is 4.09. The maximum Gasteiger partial charge on any atom is 0.0234 e. The van der Waals surface area contributed by atoms with E-state index < -0.39 is 0 Å². The smallest absolute Gasteiger partial charge is 0.0234 e. The van der Waals surface area contributed by atoms with Gasteiger partial charge in [0, 0.05) is 45.3 Å². The van der Waals surface area contributed by atoms with E-state index in [2.05, 4.69) is 52.4 Å². The normalized spacial score (nSPS) is 19.9. The van der Waals surface area contributed by atoms with E-state index in [-0.39, 0.29) is 0 Å². The molecular weight excluding hydrogens is 222 g/mol. The third-order valence-corrected chi connectivity index (χ3v) is 3.74. The molecule has 0 bridgehead atoms. The van der Waals surface area contributed by atoms with Gasteiger partial charge in [-0.2, -0.15) is 0 Å². The summed E-state index contributed by atoms with van der Waals surface area (Å²) in [4.78, 5) is 5.11. The van der Waals surface area contributed by atoms with Crippen LogP contribution in [0.5, 0.6) is 0 Å². The van der Waals surface area contributed by atoms with Crippen LogP contribution in [-0.2, 0) is 6.54 Å². The minimum atomic E-state index is 0.589. The van der Waals surface area contributed by atoms with Crippen LogP contribution in [0.2, 0.25) is 0 Å². The Morgan fingerprint density at radius 2 is 1.67 bits per heavy atom. The SMILES string of the molecule is CNC(C)CN1CCN(Cc2ccccc2)CC1. The lowest BCUT2D eigenvalue weighted by molar-refractivity contribution is 0.120. The fourth-order valence-corrected chi connectivity index (χ4v) is 2.45. The van der Waals surface area contributed by atoms with E-state index in [1.54, 1.807) is 0 Å². The molecule has 2 rings (SSSR count). The van der Waals surface area contributed by atoms with Gasteiger partial charge in [0.05, 0.1) is 0 Å². The number of likely N-dealkylation sites (N-methyl/N-ethyl adjacent to an activating group) is 1. The Bertz CT molecular complexity index is 331. The molecule has 1 aliphatic rings. The van der Waals surface area contributed by atoms with Crippen LogP contribution in [0.1, 0.15) is 12.5 Å². The van der Waals surface area contributed by atoms with Crippen LogP contribution in [0.25, 0.3) is 0 Å². The molecule has 1 aromatic rings. The Balaban J connectivity index is 1.73. The molecule has 0 radical (unpaired) electrons. The second kappa shape index (κ2) is 6.88. The molecule has 18 heavy (non-hydrogen) atoms. The molecule has 3 heteroatoms. The summed E-state index contributed by atoms with van der Waals surface area (Å²) in [7, 11) is 2.04. The zero-order chi connectivity index (χ0) is 12.8. The number of piperazine rings is 1. The highest BCUT2D eigenvalue weighted by molar-refractivity contribution is 5.14. The topological polar surface area (TPSA) is 18.5 Å². The number of hydrogen-bond acceptors (Lipinski definition) is 3. The van der Waals surface area contributed by atoms with Crippen LogP contribution < -0.4 is 5.32 Å². The van der Waals surface area contributed by atoms with Crippen molar-refractivity contribution in [3.05, 3.63) is 35.9 Å². The Morgan fingerprint density at radius 3 is 2.28 bits per heavy atom. The second-order valence-electron chi connectivity index (χ2n) is 5.25. The largest absolute Gasteiger partial charge is 0.316 e. The zero-order valence-electron chi connectivity index (χ0n) is 11.6. The molecule has 1 aromatic carbocycles. The average molecular weight is 247 g/mol. The first-order valence-electron chi connectivity index (χ1n) is 6.94. The Labute approximate surface area is 111 Å². The van der Waals surface area contributed by atoms with Gasteiger partial charge in [-0.25, -0.2) is 0 Å². The molecule has 1 heterocycles. The number of benzene rings is 1. The Kier molecular flexibility index (Phi) is 5.17. The molecule has 0 spiro atoms. The first-order chi connectivity index (χ1) is 8.78. The molecular formula is C15H25N3. The van der Waals surface area contributed by atoms with Gasteiger partial charge in [-0.15, -0.1) is 0 Å². The van der Waals surface area contributed by atoms with Crippen molar-refractivity contribution in [1.82, 2.24) is 15.1 Å². The quantitative estimate of drug-likeness (QED) is 0.849. The molecule has 0 aromatic heterocycles. The summed E-state index contributed by atoms with van der Waals surface area (Å²) >= 11 is 0. The fourth-order valence-electron chi connectivity index (χ4n) is 2.45. The molecule has 1 N–H and O–H groups in total. The van der Waals surface area contributed by atoms with Crippen LogP contribution in [0.3, 0.4) is 0 Å². The predicted octanol–water partition coefficient (Wildman–Crippen LogP) is 1.41. The highest BCUT2D eigenvalue weighted by Gasteiger charge is 2.17. The van der Waals surface area contributed by atoms with Gasteiger partial charge in [0.15, 0.2) is 0 Å². The van der Waals surface area contributed by atoms with E-state index in [9.17, 15) is 0 Å². The lowest BCUT2D eigenvalue weighted by atomic mass is 10.2. The third-order valence-electron chi connectivity index (χ3n) is 3.74. The second-order valence-corrected chi connectivity index (χ2v) is 5.25. The molecule has 1 unspecified atom stereocenters. The number of nitrogens with zero attached hydrogens (tertiary/aromatic N) is 2. The summed E-state index contributed by atoms with van der Waals surface area (Å²) in [6, 6.07) is 11.4. The van der Waals surface area contributed by atoms with E-state index in [1.165, 1.54) is 31.7 Å². The lowest BCUT2D eigenvalue weighted by Gasteiger charge is -2.35. The van der Waals surface area contributed by atoms with Gasteiger partial charge in [-0.05, 0) is 19.5 Å². The predicted molar refractivity (Wildman–Crippen MR) is 76.7 cm³/mol. The molecule has 1 fully saturated rings. The fraction of sp³-hybridized carbons (Fsp3) is 0.600. The van der Waals surface area contributed by atoms with E-state index in [1.807, 2.05) is 7.05 Å². The van der Waals surface area contributed by atoms with Gasteiger partial charge >= 0.3 is 0 Å². The zero-order valence-corrected chi connectivity index (χ0v) is 11.6. The summed E-state index contributed by atoms with van der Waals surface area (Å²) < 4.78 is 0. The molecule has 0 aliphatic carbocycles. The van der Waals surface area contributed by atoms with E-state index in [0.29, 0.717) is 6.04 Å². The molecule has 0 saturated carbocycles. The minimum Gasteiger partial charge on any atom is -0.316 e. The van der Waals surface area contributed by atoms with Crippen molar-refractivity contribution in [1.29, 1.82) is 0 Å². The lowest BCUT2D eigenvalue weighted by Crippen LogP contribution is -2.49. The van der Waals surface area contributed by atoms with Crippen molar-refractivity contribution in [3.8, 4) is 0 Å². The van der Waals surface area contributed by atoms with E-state index in [4.69, 9.17) is 0 Å². The summed E-state index contributed by atoms with van der Waals surface area (Å²) in [5, 5.41) is 3.31. The first-order valence-corrected chi connectivity index (χ1v) is 6.94. The maximum atomic E-state index is 3.31. The monoisotopic (exact) mass is 247 g/mol. The molecule has 100 valence electrons.